The van der Waals surface area contributed by atoms with E-state index in [0.717, 1.165) is 42.5 Å². The number of unbranched alkanes of at least 4 members (excludes halogenated alkanes) is 7. The maximum absolute atomic E-state index is 13.1. The summed E-state index contributed by atoms with van der Waals surface area (Å²) in [6.45, 7) is 7.41. The fourth-order valence-corrected chi connectivity index (χ4v) is 4.35. The number of nitrogens with zero attached hydrogens (tertiary/aromatic N) is 1. The van der Waals surface area contributed by atoms with Crippen LogP contribution in [-0.2, 0) is 16.0 Å². The highest BCUT2D eigenvalue weighted by molar-refractivity contribution is 5.99. The number of hydrogen-bond acceptors (Lipinski definition) is 5. The van der Waals surface area contributed by atoms with Gasteiger partial charge in [0, 0.05) is 24.4 Å². The first-order valence-corrected chi connectivity index (χ1v) is 12.5. The van der Waals surface area contributed by atoms with Crippen LogP contribution in [0.1, 0.15) is 93.1 Å². The molecular weight excluding hydrogens is 438 g/mol. The molecule has 0 radical (unpaired) electrons. The van der Waals surface area contributed by atoms with E-state index in [1.807, 2.05) is 33.2 Å². The number of carbonyl (C=O) groups excluding carboxylic acids is 2. The lowest BCUT2D eigenvalue weighted by Gasteiger charge is -2.19. The molecule has 0 saturated heterocycles. The molecule has 0 saturated carbocycles. The molecule has 0 spiro atoms. The summed E-state index contributed by atoms with van der Waals surface area (Å²) in [5.74, 6) is 0.543. The summed E-state index contributed by atoms with van der Waals surface area (Å²) in [6, 6.07) is 3.83. The Kier molecular flexibility index (Phi) is 13.7. The molecule has 6 heteroatoms. The Bertz CT molecular complexity index is 750. The summed E-state index contributed by atoms with van der Waals surface area (Å²) in [6.07, 6.45) is 10.4. The van der Waals surface area contributed by atoms with Gasteiger partial charge in [0.2, 0.25) is 0 Å². The molecule has 0 aliphatic carbocycles. The van der Waals surface area contributed by atoms with Gasteiger partial charge in [-0.05, 0) is 57.1 Å². The number of ketones is 1. The molecule has 0 fully saturated rings. The Morgan fingerprint density at radius 2 is 1.70 bits per heavy atom. The largest absolute Gasteiger partial charge is 0.478 e. The van der Waals surface area contributed by atoms with E-state index in [-0.39, 0.29) is 30.1 Å². The van der Waals surface area contributed by atoms with Crippen LogP contribution < -0.4 is 4.74 Å². The second kappa shape index (κ2) is 15.3. The van der Waals surface area contributed by atoms with Crippen molar-refractivity contribution in [2.75, 3.05) is 27.2 Å². The Morgan fingerprint density at radius 3 is 2.30 bits per heavy atom. The molecule has 2 rings (SSSR count). The molecule has 1 aliphatic rings. The summed E-state index contributed by atoms with van der Waals surface area (Å²) in [5.41, 5.74) is 2.57. The van der Waals surface area contributed by atoms with Crippen molar-refractivity contribution >= 4 is 24.2 Å². The average molecular weight is 482 g/mol. The molecule has 1 aliphatic heterocycles. The van der Waals surface area contributed by atoms with Crippen LogP contribution in [0.3, 0.4) is 0 Å². The number of aryl methyl sites for hydroxylation is 1. The Balaban J connectivity index is 0.00000544. The van der Waals surface area contributed by atoms with Crippen LogP contribution in [0, 0.1) is 12.8 Å². The number of hydrogen-bond donors (Lipinski definition) is 0. The number of ether oxygens (including phenoxy) is 2. The molecule has 0 bridgehead atoms. The van der Waals surface area contributed by atoms with Gasteiger partial charge in [-0.1, -0.05) is 58.8 Å². The van der Waals surface area contributed by atoms with Gasteiger partial charge in [0.15, 0.2) is 11.9 Å². The van der Waals surface area contributed by atoms with Crippen molar-refractivity contribution in [1.29, 1.82) is 0 Å². The zero-order chi connectivity index (χ0) is 23.5. The SMILES string of the molecule is CCCCCCCCCCOC(=O)C1Cc2cc(C(=O)C(CC)CN(C)C)c(C)cc2O1.Cl. The van der Waals surface area contributed by atoms with Crippen LogP contribution in [0.25, 0.3) is 0 Å². The third-order valence-electron chi connectivity index (χ3n) is 6.30. The van der Waals surface area contributed by atoms with Gasteiger partial charge in [-0.2, -0.15) is 0 Å². The monoisotopic (exact) mass is 481 g/mol. The van der Waals surface area contributed by atoms with Gasteiger partial charge < -0.3 is 14.4 Å². The average Bonchev–Trinajstić information content (AvgIpc) is 3.18. The van der Waals surface area contributed by atoms with Gasteiger partial charge in [0.25, 0.3) is 0 Å². The van der Waals surface area contributed by atoms with E-state index in [1.54, 1.807) is 0 Å². The van der Waals surface area contributed by atoms with Gasteiger partial charge >= 0.3 is 5.97 Å². The maximum Gasteiger partial charge on any atom is 0.347 e. The van der Waals surface area contributed by atoms with Crippen LogP contribution in [0.2, 0.25) is 0 Å². The van der Waals surface area contributed by atoms with Crippen LogP contribution in [-0.4, -0.2) is 50.0 Å². The number of carbonyl (C=O) groups is 2. The summed E-state index contributed by atoms with van der Waals surface area (Å²) < 4.78 is 11.3. The predicted molar refractivity (Wildman–Crippen MR) is 137 cm³/mol. The molecule has 0 amide bonds. The number of benzene rings is 1. The second-order valence-electron chi connectivity index (χ2n) is 9.46. The lowest BCUT2D eigenvalue weighted by Crippen LogP contribution is -2.28. The minimum atomic E-state index is -0.604. The van der Waals surface area contributed by atoms with E-state index >= 15 is 0 Å². The highest BCUT2D eigenvalue weighted by Gasteiger charge is 2.32. The van der Waals surface area contributed by atoms with Crippen LogP contribution >= 0.6 is 12.4 Å². The normalized spacial score (nSPS) is 15.5. The highest BCUT2D eigenvalue weighted by Crippen LogP contribution is 2.33. The molecule has 0 aromatic heterocycles. The fourth-order valence-electron chi connectivity index (χ4n) is 4.35. The van der Waals surface area contributed by atoms with Crippen LogP contribution in [0.4, 0.5) is 0 Å². The molecule has 188 valence electrons. The number of esters is 1. The zero-order valence-corrected chi connectivity index (χ0v) is 22.1. The van der Waals surface area contributed by atoms with Crippen molar-refractivity contribution in [3.05, 3.63) is 28.8 Å². The van der Waals surface area contributed by atoms with E-state index in [0.29, 0.717) is 18.8 Å². The predicted octanol–water partition coefficient (Wildman–Crippen LogP) is 6.17. The summed E-state index contributed by atoms with van der Waals surface area (Å²) in [5, 5.41) is 0. The minimum Gasteiger partial charge on any atom is -0.478 e. The molecule has 33 heavy (non-hydrogen) atoms. The smallest absolute Gasteiger partial charge is 0.347 e. The summed E-state index contributed by atoms with van der Waals surface area (Å²) >= 11 is 0. The molecule has 0 N–H and O–H groups in total. The summed E-state index contributed by atoms with van der Waals surface area (Å²) in [7, 11) is 3.98. The fraction of sp³-hybridized carbons (Fsp3) is 0.704. The molecule has 2 unspecified atom stereocenters. The van der Waals surface area contributed by atoms with Crippen molar-refractivity contribution in [2.45, 2.75) is 91.1 Å². The Labute approximate surface area is 207 Å². The molecule has 1 heterocycles. The number of fused-ring (bicyclic) bond motifs is 1. The third-order valence-corrected chi connectivity index (χ3v) is 6.30. The maximum atomic E-state index is 13.1. The quantitative estimate of drug-likeness (QED) is 0.170. The Morgan fingerprint density at radius 1 is 1.06 bits per heavy atom. The van der Waals surface area contributed by atoms with E-state index in [1.165, 1.54) is 38.5 Å². The first kappa shape index (κ1) is 29.4. The van der Waals surface area contributed by atoms with Gasteiger partial charge in [-0.25, -0.2) is 4.79 Å². The lowest BCUT2D eigenvalue weighted by molar-refractivity contribution is -0.151. The molecule has 1 aromatic rings. The summed E-state index contributed by atoms with van der Waals surface area (Å²) in [4.78, 5) is 27.6. The lowest BCUT2D eigenvalue weighted by atomic mass is 9.90. The van der Waals surface area contributed by atoms with Gasteiger partial charge in [-0.3, -0.25) is 4.79 Å². The third kappa shape index (κ3) is 9.29. The van der Waals surface area contributed by atoms with E-state index in [9.17, 15) is 9.59 Å². The topological polar surface area (TPSA) is 55.8 Å². The number of rotatable bonds is 15. The van der Waals surface area contributed by atoms with Crippen molar-refractivity contribution < 1.29 is 19.1 Å². The van der Waals surface area contributed by atoms with E-state index < -0.39 is 6.10 Å². The molecule has 5 nitrogen and oxygen atoms in total. The van der Waals surface area contributed by atoms with Crippen molar-refractivity contribution in [3.63, 3.8) is 0 Å². The highest BCUT2D eigenvalue weighted by atomic mass is 35.5. The van der Waals surface area contributed by atoms with Crippen LogP contribution in [0.5, 0.6) is 5.75 Å². The minimum absolute atomic E-state index is 0. The standard InChI is InChI=1S/C27H43NO4.ClH/c1-6-8-9-10-11-12-13-14-15-31-27(30)25-18-22-17-23(20(3)16-24(22)32-25)26(29)21(7-2)19-28(4)5;/h16-17,21,25H,6-15,18-19H2,1-5H3;1H. The molecule has 2 atom stereocenters. The number of Topliss-reactive ketones (excluding diaryl/α,β-unsaturated/α-hetero) is 1. The van der Waals surface area contributed by atoms with Crippen LogP contribution in [0.15, 0.2) is 12.1 Å². The van der Waals surface area contributed by atoms with Gasteiger partial charge in [0.1, 0.15) is 5.75 Å². The van der Waals surface area contributed by atoms with Crippen molar-refractivity contribution in [1.82, 2.24) is 4.90 Å². The number of halogens is 1. The first-order chi connectivity index (χ1) is 15.4. The van der Waals surface area contributed by atoms with E-state index in [4.69, 9.17) is 9.47 Å². The van der Waals surface area contributed by atoms with Crippen molar-refractivity contribution in [2.24, 2.45) is 5.92 Å². The molecular formula is C27H44ClNO4. The first-order valence-electron chi connectivity index (χ1n) is 12.5. The van der Waals surface area contributed by atoms with Gasteiger partial charge in [0.05, 0.1) is 6.61 Å². The zero-order valence-electron chi connectivity index (χ0n) is 21.3. The molecule has 1 aromatic carbocycles. The Hall–Kier alpha value is -1.59. The second-order valence-corrected chi connectivity index (χ2v) is 9.46. The van der Waals surface area contributed by atoms with Crippen molar-refractivity contribution in [3.8, 4) is 5.75 Å². The van der Waals surface area contributed by atoms with Gasteiger partial charge in [-0.15, -0.1) is 12.4 Å². The van der Waals surface area contributed by atoms with E-state index in [2.05, 4.69) is 18.7 Å².